The summed E-state index contributed by atoms with van der Waals surface area (Å²) in [6.45, 7) is 0. The van der Waals surface area contributed by atoms with Gasteiger partial charge in [0.1, 0.15) is 23.0 Å². The van der Waals surface area contributed by atoms with Crippen molar-refractivity contribution in [3.8, 4) is 17.2 Å². The summed E-state index contributed by atoms with van der Waals surface area (Å²) in [6, 6.07) is 10.3. The Morgan fingerprint density at radius 3 is 2.72 bits per heavy atom. The van der Waals surface area contributed by atoms with Gasteiger partial charge in [0, 0.05) is 16.3 Å². The standard InChI is InChI=1S/C16H14BrFN4O2S/c1-23-12-5-6-15(24-2)14(8-12)22-16(19-20-21-22)25-9-10-3-4-11(17)7-13(10)18/h3-8H,9H2,1-2H3. The molecule has 0 atom stereocenters. The van der Waals surface area contributed by atoms with Gasteiger partial charge < -0.3 is 9.47 Å². The van der Waals surface area contributed by atoms with Gasteiger partial charge in [-0.25, -0.2) is 4.39 Å². The third-order valence-corrected chi connectivity index (χ3v) is 4.89. The summed E-state index contributed by atoms with van der Waals surface area (Å²) in [5.41, 5.74) is 1.21. The van der Waals surface area contributed by atoms with Gasteiger partial charge in [-0.2, -0.15) is 4.68 Å². The molecule has 0 amide bonds. The van der Waals surface area contributed by atoms with Crippen LogP contribution in [0.5, 0.6) is 11.5 Å². The van der Waals surface area contributed by atoms with Gasteiger partial charge in [0.15, 0.2) is 0 Å². The molecular weight excluding hydrogens is 411 g/mol. The largest absolute Gasteiger partial charge is 0.497 e. The minimum absolute atomic E-state index is 0.278. The predicted octanol–water partition coefficient (Wildman–Crippen LogP) is 3.87. The Labute approximate surface area is 156 Å². The quantitative estimate of drug-likeness (QED) is 0.559. The molecule has 25 heavy (non-hydrogen) atoms. The molecule has 0 saturated carbocycles. The van der Waals surface area contributed by atoms with Gasteiger partial charge in [0.05, 0.1) is 14.2 Å². The molecule has 1 heterocycles. The number of rotatable bonds is 6. The van der Waals surface area contributed by atoms with Crippen molar-refractivity contribution in [3.63, 3.8) is 0 Å². The zero-order valence-corrected chi connectivity index (χ0v) is 15.8. The Morgan fingerprint density at radius 2 is 2.00 bits per heavy atom. The lowest BCUT2D eigenvalue weighted by atomic mass is 10.2. The molecule has 6 nitrogen and oxygen atoms in total. The first-order valence-electron chi connectivity index (χ1n) is 7.20. The van der Waals surface area contributed by atoms with Crippen LogP contribution in [0.1, 0.15) is 5.56 Å². The van der Waals surface area contributed by atoms with E-state index in [4.69, 9.17) is 9.47 Å². The minimum Gasteiger partial charge on any atom is -0.497 e. The maximum Gasteiger partial charge on any atom is 0.214 e. The molecule has 0 radical (unpaired) electrons. The molecule has 0 aliphatic carbocycles. The number of hydrogen-bond donors (Lipinski definition) is 0. The van der Waals surface area contributed by atoms with Crippen LogP contribution in [-0.2, 0) is 5.75 Å². The molecule has 0 aliphatic rings. The zero-order chi connectivity index (χ0) is 17.8. The number of thioether (sulfide) groups is 1. The zero-order valence-electron chi connectivity index (χ0n) is 13.4. The number of nitrogens with zero attached hydrogens (tertiary/aromatic N) is 4. The topological polar surface area (TPSA) is 62.1 Å². The van der Waals surface area contributed by atoms with Crippen LogP contribution in [0.25, 0.3) is 5.69 Å². The first kappa shape index (κ1) is 17.7. The highest BCUT2D eigenvalue weighted by Gasteiger charge is 2.15. The molecule has 0 fully saturated rings. The molecule has 9 heteroatoms. The second-order valence-electron chi connectivity index (χ2n) is 4.94. The fraction of sp³-hybridized carbons (Fsp3) is 0.188. The van der Waals surface area contributed by atoms with Crippen molar-refractivity contribution in [3.05, 3.63) is 52.3 Å². The first-order chi connectivity index (χ1) is 12.1. The lowest BCUT2D eigenvalue weighted by Gasteiger charge is -2.11. The highest BCUT2D eigenvalue weighted by atomic mass is 79.9. The monoisotopic (exact) mass is 424 g/mol. The smallest absolute Gasteiger partial charge is 0.214 e. The maximum atomic E-state index is 14.0. The normalized spacial score (nSPS) is 10.7. The SMILES string of the molecule is COc1ccc(OC)c(-n2nnnc2SCc2ccc(Br)cc2F)c1. The van der Waals surface area contributed by atoms with Crippen molar-refractivity contribution in [2.24, 2.45) is 0 Å². The third kappa shape index (κ3) is 3.93. The summed E-state index contributed by atoms with van der Waals surface area (Å²) < 4.78 is 26.8. The van der Waals surface area contributed by atoms with Crippen molar-refractivity contribution < 1.29 is 13.9 Å². The lowest BCUT2D eigenvalue weighted by Crippen LogP contribution is -2.03. The molecule has 0 aliphatic heterocycles. The summed E-state index contributed by atoms with van der Waals surface area (Å²) >= 11 is 4.58. The van der Waals surface area contributed by atoms with Gasteiger partial charge in [0.2, 0.25) is 5.16 Å². The van der Waals surface area contributed by atoms with E-state index in [1.807, 2.05) is 0 Å². The van der Waals surface area contributed by atoms with E-state index >= 15 is 0 Å². The third-order valence-electron chi connectivity index (χ3n) is 3.43. The highest BCUT2D eigenvalue weighted by molar-refractivity contribution is 9.10. The summed E-state index contributed by atoms with van der Waals surface area (Å²) in [7, 11) is 3.15. The molecule has 0 N–H and O–H groups in total. The number of tetrazole rings is 1. The molecule has 2 aromatic carbocycles. The van der Waals surface area contributed by atoms with E-state index in [0.29, 0.717) is 38.1 Å². The number of aromatic nitrogens is 4. The van der Waals surface area contributed by atoms with Gasteiger partial charge >= 0.3 is 0 Å². The molecule has 3 rings (SSSR count). The second-order valence-corrected chi connectivity index (χ2v) is 6.79. The highest BCUT2D eigenvalue weighted by Crippen LogP contribution is 2.31. The fourth-order valence-electron chi connectivity index (χ4n) is 2.16. The van der Waals surface area contributed by atoms with E-state index in [9.17, 15) is 4.39 Å². The molecule has 0 unspecified atom stereocenters. The van der Waals surface area contributed by atoms with Crippen LogP contribution < -0.4 is 9.47 Å². The molecule has 0 spiro atoms. The van der Waals surface area contributed by atoms with Gasteiger partial charge in [-0.15, -0.1) is 5.10 Å². The van der Waals surface area contributed by atoms with Crippen LogP contribution in [0.15, 0.2) is 46.0 Å². The fourth-order valence-corrected chi connectivity index (χ4v) is 3.37. The summed E-state index contributed by atoms with van der Waals surface area (Å²) in [5.74, 6) is 1.37. The van der Waals surface area contributed by atoms with Crippen LogP contribution in [0, 0.1) is 5.82 Å². The molecule has 3 aromatic rings. The lowest BCUT2D eigenvalue weighted by molar-refractivity contribution is 0.399. The number of methoxy groups -OCH3 is 2. The van der Waals surface area contributed by atoms with Crippen molar-refractivity contribution in [1.82, 2.24) is 20.2 Å². The maximum absolute atomic E-state index is 14.0. The van der Waals surface area contributed by atoms with Crippen molar-refractivity contribution in [2.45, 2.75) is 10.9 Å². The van der Waals surface area contributed by atoms with Crippen molar-refractivity contribution in [2.75, 3.05) is 14.2 Å². The Kier molecular flexibility index (Phi) is 5.54. The summed E-state index contributed by atoms with van der Waals surface area (Å²) in [6.07, 6.45) is 0. The first-order valence-corrected chi connectivity index (χ1v) is 8.97. The Bertz CT molecular complexity index is 890. The van der Waals surface area contributed by atoms with E-state index in [-0.39, 0.29) is 5.82 Å². The number of halogens is 2. The molecular formula is C16H14BrFN4O2S. The van der Waals surface area contributed by atoms with Gasteiger partial charge in [-0.05, 0) is 40.3 Å². The second kappa shape index (κ2) is 7.83. The van der Waals surface area contributed by atoms with Crippen LogP contribution in [-0.4, -0.2) is 34.4 Å². The van der Waals surface area contributed by atoms with E-state index < -0.39 is 0 Å². The molecule has 1 aromatic heterocycles. The number of benzene rings is 2. The number of ether oxygens (including phenoxy) is 2. The van der Waals surface area contributed by atoms with Crippen LogP contribution in [0.4, 0.5) is 4.39 Å². The number of hydrogen-bond acceptors (Lipinski definition) is 6. The average molecular weight is 425 g/mol. The van der Waals surface area contributed by atoms with Crippen molar-refractivity contribution >= 4 is 27.7 Å². The van der Waals surface area contributed by atoms with Gasteiger partial charge in [-0.3, -0.25) is 0 Å². The molecule has 130 valence electrons. The van der Waals surface area contributed by atoms with Gasteiger partial charge in [0.25, 0.3) is 0 Å². The van der Waals surface area contributed by atoms with E-state index in [1.165, 1.54) is 17.8 Å². The summed E-state index contributed by atoms with van der Waals surface area (Å²) in [4.78, 5) is 0. The van der Waals surface area contributed by atoms with E-state index in [0.717, 1.165) is 0 Å². The summed E-state index contributed by atoms with van der Waals surface area (Å²) in [5, 5.41) is 12.3. The Morgan fingerprint density at radius 1 is 1.16 bits per heavy atom. The minimum atomic E-state index is -0.278. The molecule has 0 bridgehead atoms. The Hall–Kier alpha value is -2.13. The molecule has 0 saturated heterocycles. The average Bonchev–Trinajstić information content (AvgIpc) is 3.08. The Balaban J connectivity index is 1.88. The van der Waals surface area contributed by atoms with E-state index in [1.54, 1.807) is 49.2 Å². The van der Waals surface area contributed by atoms with Crippen LogP contribution in [0.3, 0.4) is 0 Å². The van der Waals surface area contributed by atoms with Crippen LogP contribution >= 0.6 is 27.7 Å². The van der Waals surface area contributed by atoms with Gasteiger partial charge in [-0.1, -0.05) is 33.8 Å². The predicted molar refractivity (Wildman–Crippen MR) is 95.9 cm³/mol. The van der Waals surface area contributed by atoms with E-state index in [2.05, 4.69) is 31.5 Å². The van der Waals surface area contributed by atoms with Crippen molar-refractivity contribution in [1.29, 1.82) is 0 Å². The van der Waals surface area contributed by atoms with Crippen LogP contribution in [0.2, 0.25) is 0 Å².